The van der Waals surface area contributed by atoms with E-state index in [4.69, 9.17) is 4.74 Å². The Morgan fingerprint density at radius 1 is 0.920 bits per heavy atom. The minimum Gasteiger partial charge on any atom is -1.00 e. The molecule has 0 saturated carbocycles. The van der Waals surface area contributed by atoms with Gasteiger partial charge < -0.3 is 21.7 Å². The lowest BCUT2D eigenvalue weighted by Gasteiger charge is -2.06. The van der Waals surface area contributed by atoms with E-state index in [-0.39, 0.29) is 17.0 Å². The van der Waals surface area contributed by atoms with Crippen molar-refractivity contribution in [1.82, 2.24) is 4.57 Å². The number of benzene rings is 2. The van der Waals surface area contributed by atoms with Gasteiger partial charge in [-0.25, -0.2) is 4.57 Å². The van der Waals surface area contributed by atoms with E-state index in [0.29, 0.717) is 0 Å². The number of hydrogen-bond acceptors (Lipinski definition) is 1. The molecular weight excluding hydrogens is 376 g/mol. The Bertz CT molecular complexity index is 825. The van der Waals surface area contributed by atoms with Gasteiger partial charge in [0.1, 0.15) is 17.6 Å². The number of methoxy groups -OCH3 is 1. The van der Waals surface area contributed by atoms with E-state index >= 15 is 0 Å². The third-order valence-corrected chi connectivity index (χ3v) is 4.81. The van der Waals surface area contributed by atoms with E-state index in [0.717, 1.165) is 18.7 Å². The fourth-order valence-corrected chi connectivity index (χ4v) is 3.57. The second-order valence-electron chi connectivity index (χ2n) is 6.33. The van der Waals surface area contributed by atoms with Crippen LogP contribution in [0.15, 0.2) is 60.8 Å². The molecule has 2 aromatic carbocycles. The van der Waals surface area contributed by atoms with Crippen LogP contribution in [0.5, 0.6) is 5.75 Å². The minimum atomic E-state index is 0. The molecule has 1 aliphatic rings. The van der Waals surface area contributed by atoms with Gasteiger partial charge in [0.25, 0.3) is 5.82 Å². The Morgan fingerprint density at radius 2 is 1.68 bits per heavy atom. The molecule has 0 saturated heterocycles. The maximum atomic E-state index is 5.32. The third-order valence-electron chi connectivity index (χ3n) is 4.81. The molecule has 4 rings (SSSR count). The molecule has 0 radical (unpaired) electrons. The van der Waals surface area contributed by atoms with Gasteiger partial charge in [0.2, 0.25) is 0 Å². The molecule has 25 heavy (non-hydrogen) atoms. The summed E-state index contributed by atoms with van der Waals surface area (Å²) in [5.74, 6) is 2.29. The van der Waals surface area contributed by atoms with Crippen LogP contribution in [-0.2, 0) is 13.0 Å². The highest BCUT2D eigenvalue weighted by Gasteiger charge is 2.26. The lowest BCUT2D eigenvalue weighted by molar-refractivity contribution is -0.702. The first-order valence-corrected chi connectivity index (χ1v) is 8.71. The zero-order valence-electron chi connectivity index (χ0n) is 14.5. The van der Waals surface area contributed by atoms with Crippen molar-refractivity contribution in [2.45, 2.75) is 32.2 Å². The van der Waals surface area contributed by atoms with Gasteiger partial charge in [-0.15, -0.1) is 0 Å². The Kier molecular flexibility index (Phi) is 5.59. The number of aromatic nitrogens is 2. The quantitative estimate of drug-likeness (QED) is 0.605. The van der Waals surface area contributed by atoms with Gasteiger partial charge in [-0.3, -0.25) is 0 Å². The molecular formula is C21H23BrN2O. The molecule has 4 heteroatoms. The average molecular weight is 399 g/mol. The molecule has 1 aliphatic heterocycles. The van der Waals surface area contributed by atoms with Gasteiger partial charge in [0.15, 0.2) is 5.69 Å². The van der Waals surface area contributed by atoms with Gasteiger partial charge in [0, 0.05) is 12.0 Å². The summed E-state index contributed by atoms with van der Waals surface area (Å²) in [6.07, 6.45) is 7.27. The Labute approximate surface area is 159 Å². The number of hydrogen-bond donors (Lipinski definition) is 0. The lowest BCUT2D eigenvalue weighted by Crippen LogP contribution is -3.00. The normalized spacial score (nSPS) is 13.5. The van der Waals surface area contributed by atoms with Crippen LogP contribution in [0.3, 0.4) is 0 Å². The van der Waals surface area contributed by atoms with Gasteiger partial charge >= 0.3 is 0 Å². The molecule has 0 spiro atoms. The molecule has 0 N–H and O–H groups in total. The zero-order valence-corrected chi connectivity index (χ0v) is 16.1. The topological polar surface area (TPSA) is 18.0 Å². The second-order valence-corrected chi connectivity index (χ2v) is 6.33. The van der Waals surface area contributed by atoms with Crippen LogP contribution in [0.2, 0.25) is 0 Å². The summed E-state index contributed by atoms with van der Waals surface area (Å²) in [7, 11) is 1.71. The highest BCUT2D eigenvalue weighted by Crippen LogP contribution is 2.27. The first-order valence-electron chi connectivity index (χ1n) is 8.71. The molecule has 0 fully saturated rings. The number of fused-ring (bicyclic) bond motifs is 1. The van der Waals surface area contributed by atoms with Crippen molar-refractivity contribution in [3.05, 3.63) is 66.6 Å². The SMILES string of the molecule is COc1ccc(-n2c(-c3ccccc3)c[n+]3c2CCCCC3)cc1.[Br-]. The first-order chi connectivity index (χ1) is 11.9. The van der Waals surface area contributed by atoms with Crippen molar-refractivity contribution in [2.75, 3.05) is 7.11 Å². The van der Waals surface area contributed by atoms with Gasteiger partial charge in [-0.05, 0) is 43.5 Å². The van der Waals surface area contributed by atoms with Crippen LogP contribution in [0, 0.1) is 0 Å². The van der Waals surface area contributed by atoms with Crippen LogP contribution >= 0.6 is 0 Å². The molecule has 0 atom stereocenters. The number of rotatable bonds is 3. The summed E-state index contributed by atoms with van der Waals surface area (Å²) in [6, 6.07) is 19.0. The van der Waals surface area contributed by atoms with E-state index in [1.165, 1.54) is 42.0 Å². The van der Waals surface area contributed by atoms with Crippen LogP contribution in [0.25, 0.3) is 16.9 Å². The molecule has 3 aromatic rings. The molecule has 0 amide bonds. The summed E-state index contributed by atoms with van der Waals surface area (Å²) in [5, 5.41) is 0. The number of halogens is 1. The number of imidazole rings is 1. The van der Waals surface area contributed by atoms with Gasteiger partial charge in [0.05, 0.1) is 13.7 Å². The van der Waals surface area contributed by atoms with E-state index in [1.807, 2.05) is 12.1 Å². The van der Waals surface area contributed by atoms with Gasteiger partial charge in [-0.2, -0.15) is 4.57 Å². The Balaban J connectivity index is 0.00000182. The molecule has 0 unspecified atom stereocenters. The molecule has 130 valence electrons. The van der Waals surface area contributed by atoms with Crippen molar-refractivity contribution >= 4 is 0 Å². The summed E-state index contributed by atoms with van der Waals surface area (Å²) in [4.78, 5) is 0. The second kappa shape index (κ2) is 7.87. The minimum absolute atomic E-state index is 0. The summed E-state index contributed by atoms with van der Waals surface area (Å²) >= 11 is 0. The fourth-order valence-electron chi connectivity index (χ4n) is 3.57. The van der Waals surface area contributed by atoms with Crippen molar-refractivity contribution in [3.63, 3.8) is 0 Å². The van der Waals surface area contributed by atoms with E-state index < -0.39 is 0 Å². The number of nitrogens with zero attached hydrogens (tertiary/aromatic N) is 2. The van der Waals surface area contributed by atoms with Crippen LogP contribution in [0.1, 0.15) is 25.1 Å². The van der Waals surface area contributed by atoms with Crippen LogP contribution < -0.4 is 26.3 Å². The van der Waals surface area contributed by atoms with Crippen molar-refractivity contribution in [1.29, 1.82) is 0 Å². The monoisotopic (exact) mass is 398 g/mol. The van der Waals surface area contributed by atoms with Crippen molar-refractivity contribution < 1.29 is 26.3 Å². The van der Waals surface area contributed by atoms with E-state index in [2.05, 4.69) is 57.8 Å². The first kappa shape index (κ1) is 17.7. The lowest BCUT2D eigenvalue weighted by atomic mass is 10.1. The predicted octanol–water partition coefficient (Wildman–Crippen LogP) is 1.17. The predicted molar refractivity (Wildman–Crippen MR) is 95.5 cm³/mol. The van der Waals surface area contributed by atoms with Crippen molar-refractivity contribution in [3.8, 4) is 22.7 Å². The third kappa shape index (κ3) is 3.49. The molecule has 2 heterocycles. The number of ether oxygens (including phenoxy) is 1. The summed E-state index contributed by atoms with van der Waals surface area (Å²) in [6.45, 7) is 1.11. The van der Waals surface area contributed by atoms with E-state index in [9.17, 15) is 0 Å². The van der Waals surface area contributed by atoms with Crippen molar-refractivity contribution in [2.24, 2.45) is 0 Å². The standard InChI is InChI=1S/C21H23N2O.BrH/c1-24-19-13-11-18(12-14-19)23-20(17-8-4-2-5-9-17)16-22-15-7-3-6-10-21(22)23;/h2,4-5,8-9,11-14,16H,3,6-7,10,15H2,1H3;1H/q+1;/p-1. The smallest absolute Gasteiger partial charge is 0.262 e. The molecule has 1 aromatic heterocycles. The van der Waals surface area contributed by atoms with Crippen LogP contribution in [-0.4, -0.2) is 11.7 Å². The highest BCUT2D eigenvalue weighted by molar-refractivity contribution is 5.61. The zero-order chi connectivity index (χ0) is 16.4. The maximum Gasteiger partial charge on any atom is 0.262 e. The molecule has 3 nitrogen and oxygen atoms in total. The van der Waals surface area contributed by atoms with Crippen LogP contribution in [0.4, 0.5) is 0 Å². The van der Waals surface area contributed by atoms with Gasteiger partial charge in [-0.1, -0.05) is 30.3 Å². The molecule has 0 bridgehead atoms. The summed E-state index contributed by atoms with van der Waals surface area (Å²) in [5.41, 5.74) is 3.72. The fraction of sp³-hybridized carbons (Fsp3) is 0.286. The highest BCUT2D eigenvalue weighted by atomic mass is 79.9. The largest absolute Gasteiger partial charge is 1.00 e. The molecule has 0 aliphatic carbocycles. The average Bonchev–Trinajstić information content (AvgIpc) is 2.85. The Morgan fingerprint density at radius 3 is 2.40 bits per heavy atom. The number of aryl methyl sites for hydroxylation is 1. The Hall–Kier alpha value is -2.07. The summed E-state index contributed by atoms with van der Waals surface area (Å²) < 4.78 is 10.2. The van der Waals surface area contributed by atoms with E-state index in [1.54, 1.807) is 7.11 Å². The maximum absolute atomic E-state index is 5.32.